The SMILES string of the molecule is CN(Cc1ccccc1N1CCCC1)C(=O)NCCc1cc(Cl)c2c(c1)OCCO2. The van der Waals surface area contributed by atoms with Crippen LogP contribution in [0.15, 0.2) is 36.4 Å². The first-order chi connectivity index (χ1) is 14.6. The molecule has 0 spiro atoms. The predicted molar refractivity (Wildman–Crippen MR) is 119 cm³/mol. The van der Waals surface area contributed by atoms with E-state index in [1.54, 1.807) is 4.90 Å². The van der Waals surface area contributed by atoms with Crippen LogP contribution in [0.4, 0.5) is 10.5 Å². The molecule has 6 nitrogen and oxygen atoms in total. The van der Waals surface area contributed by atoms with Crippen LogP contribution in [0.3, 0.4) is 0 Å². The van der Waals surface area contributed by atoms with E-state index in [0.717, 1.165) is 18.7 Å². The Kier molecular flexibility index (Phi) is 6.53. The van der Waals surface area contributed by atoms with Crippen molar-refractivity contribution >= 4 is 23.3 Å². The minimum absolute atomic E-state index is 0.0881. The average molecular weight is 430 g/mol. The molecule has 1 N–H and O–H groups in total. The van der Waals surface area contributed by atoms with E-state index in [0.29, 0.717) is 49.2 Å². The molecule has 0 bridgehead atoms. The van der Waals surface area contributed by atoms with Gasteiger partial charge >= 0.3 is 6.03 Å². The second kappa shape index (κ2) is 9.47. The van der Waals surface area contributed by atoms with E-state index in [9.17, 15) is 4.79 Å². The fourth-order valence-corrected chi connectivity index (χ4v) is 4.28. The number of halogens is 1. The number of nitrogens with one attached hydrogen (secondary N) is 1. The van der Waals surface area contributed by atoms with Crippen LogP contribution in [0.1, 0.15) is 24.0 Å². The Morgan fingerprint density at radius 1 is 1.17 bits per heavy atom. The van der Waals surface area contributed by atoms with Gasteiger partial charge in [-0.1, -0.05) is 29.8 Å². The molecule has 1 fully saturated rings. The number of urea groups is 1. The van der Waals surface area contributed by atoms with Gasteiger partial charge in [-0.2, -0.15) is 0 Å². The highest BCUT2D eigenvalue weighted by Crippen LogP contribution is 2.38. The van der Waals surface area contributed by atoms with Gasteiger partial charge in [0.15, 0.2) is 11.5 Å². The fourth-order valence-electron chi connectivity index (χ4n) is 4.00. The molecule has 2 heterocycles. The van der Waals surface area contributed by atoms with Crippen LogP contribution < -0.4 is 19.7 Å². The Balaban J connectivity index is 1.31. The minimum Gasteiger partial charge on any atom is -0.486 e. The van der Waals surface area contributed by atoms with Gasteiger partial charge in [0.2, 0.25) is 0 Å². The van der Waals surface area contributed by atoms with Gasteiger partial charge in [-0.05, 0) is 48.6 Å². The number of rotatable bonds is 6. The summed E-state index contributed by atoms with van der Waals surface area (Å²) in [7, 11) is 1.83. The summed E-state index contributed by atoms with van der Waals surface area (Å²) in [5.74, 6) is 1.28. The molecule has 0 saturated carbocycles. The zero-order valence-corrected chi connectivity index (χ0v) is 18.1. The fraction of sp³-hybridized carbons (Fsp3) is 0.435. The summed E-state index contributed by atoms with van der Waals surface area (Å²) in [6.07, 6.45) is 3.13. The normalized spacial score (nSPS) is 15.2. The van der Waals surface area contributed by atoms with Crippen molar-refractivity contribution in [3.05, 3.63) is 52.5 Å². The molecule has 0 aliphatic carbocycles. The highest BCUT2D eigenvalue weighted by molar-refractivity contribution is 6.32. The number of ether oxygens (including phenoxy) is 2. The van der Waals surface area contributed by atoms with Gasteiger partial charge in [-0.25, -0.2) is 4.79 Å². The van der Waals surface area contributed by atoms with E-state index in [4.69, 9.17) is 21.1 Å². The zero-order valence-electron chi connectivity index (χ0n) is 17.3. The van der Waals surface area contributed by atoms with Crippen molar-refractivity contribution in [1.29, 1.82) is 0 Å². The van der Waals surface area contributed by atoms with Crippen molar-refractivity contribution in [2.24, 2.45) is 0 Å². The number of nitrogens with zero attached hydrogens (tertiary/aromatic N) is 2. The first-order valence-corrected chi connectivity index (χ1v) is 10.9. The Hall–Kier alpha value is -2.60. The van der Waals surface area contributed by atoms with Crippen molar-refractivity contribution in [3.8, 4) is 11.5 Å². The molecule has 0 unspecified atom stereocenters. The molecular formula is C23H28ClN3O3. The van der Waals surface area contributed by atoms with Crippen LogP contribution in [-0.2, 0) is 13.0 Å². The molecule has 160 valence electrons. The van der Waals surface area contributed by atoms with Gasteiger partial charge in [0.1, 0.15) is 13.2 Å². The first-order valence-electron chi connectivity index (χ1n) is 10.5. The molecule has 7 heteroatoms. The van der Waals surface area contributed by atoms with Crippen molar-refractivity contribution in [1.82, 2.24) is 10.2 Å². The van der Waals surface area contributed by atoms with Crippen molar-refractivity contribution in [3.63, 3.8) is 0 Å². The molecule has 2 aromatic carbocycles. The molecule has 2 amide bonds. The number of amides is 2. The summed E-state index contributed by atoms with van der Waals surface area (Å²) in [5.41, 5.74) is 3.42. The highest BCUT2D eigenvalue weighted by Gasteiger charge is 2.18. The third kappa shape index (κ3) is 4.75. The molecule has 4 rings (SSSR count). The second-order valence-corrected chi connectivity index (χ2v) is 8.17. The topological polar surface area (TPSA) is 54.0 Å². The molecule has 2 aliphatic heterocycles. The third-order valence-corrected chi connectivity index (χ3v) is 5.82. The number of anilines is 1. The smallest absolute Gasteiger partial charge is 0.317 e. The Bertz CT molecular complexity index is 899. The molecule has 0 atom stereocenters. The van der Waals surface area contributed by atoms with Crippen LogP contribution in [0.5, 0.6) is 11.5 Å². The molecular weight excluding hydrogens is 402 g/mol. The van der Waals surface area contributed by atoms with E-state index in [1.165, 1.54) is 24.1 Å². The zero-order chi connectivity index (χ0) is 20.9. The molecule has 2 aromatic rings. The van der Waals surface area contributed by atoms with E-state index < -0.39 is 0 Å². The minimum atomic E-state index is -0.0881. The van der Waals surface area contributed by atoms with Gasteiger partial charge in [-0.3, -0.25) is 0 Å². The molecule has 30 heavy (non-hydrogen) atoms. The monoisotopic (exact) mass is 429 g/mol. The van der Waals surface area contributed by atoms with Crippen molar-refractivity contribution < 1.29 is 14.3 Å². The maximum atomic E-state index is 12.6. The largest absolute Gasteiger partial charge is 0.486 e. The summed E-state index contributed by atoms with van der Waals surface area (Å²) in [6.45, 7) is 4.31. The maximum absolute atomic E-state index is 12.6. The van der Waals surface area contributed by atoms with Gasteiger partial charge in [0, 0.05) is 38.9 Å². The van der Waals surface area contributed by atoms with Gasteiger partial charge in [0.05, 0.1) is 5.02 Å². The predicted octanol–water partition coefficient (Wildman–Crippen LogP) is 4.10. The lowest BCUT2D eigenvalue weighted by atomic mass is 10.1. The van der Waals surface area contributed by atoms with E-state index in [-0.39, 0.29) is 6.03 Å². The summed E-state index contributed by atoms with van der Waals surface area (Å²) >= 11 is 6.29. The summed E-state index contributed by atoms with van der Waals surface area (Å²) in [6, 6.07) is 12.1. The van der Waals surface area contributed by atoms with Crippen LogP contribution in [-0.4, -0.2) is 50.8 Å². The summed E-state index contributed by atoms with van der Waals surface area (Å²) in [5, 5.41) is 3.54. The lowest BCUT2D eigenvalue weighted by Crippen LogP contribution is -2.38. The van der Waals surface area contributed by atoms with E-state index >= 15 is 0 Å². The number of carbonyl (C=O) groups excluding carboxylic acids is 1. The van der Waals surface area contributed by atoms with Crippen LogP contribution in [0.25, 0.3) is 0 Å². The van der Waals surface area contributed by atoms with Crippen molar-refractivity contribution in [2.75, 3.05) is 44.8 Å². The maximum Gasteiger partial charge on any atom is 0.317 e. The second-order valence-electron chi connectivity index (χ2n) is 7.76. The molecule has 0 radical (unpaired) electrons. The van der Waals surface area contributed by atoms with Gasteiger partial charge in [0.25, 0.3) is 0 Å². The first kappa shape index (κ1) is 20.7. The lowest BCUT2D eigenvalue weighted by Gasteiger charge is -2.24. The number of hydrogen-bond donors (Lipinski definition) is 1. The summed E-state index contributed by atoms with van der Waals surface area (Å²) < 4.78 is 11.2. The van der Waals surface area contributed by atoms with Crippen LogP contribution >= 0.6 is 11.6 Å². The Morgan fingerprint density at radius 3 is 2.77 bits per heavy atom. The van der Waals surface area contributed by atoms with Gasteiger partial charge in [-0.15, -0.1) is 0 Å². The van der Waals surface area contributed by atoms with Gasteiger partial charge < -0.3 is 24.6 Å². The molecule has 1 saturated heterocycles. The van der Waals surface area contributed by atoms with E-state index in [1.807, 2.05) is 25.2 Å². The van der Waals surface area contributed by atoms with Crippen LogP contribution in [0, 0.1) is 0 Å². The lowest BCUT2D eigenvalue weighted by molar-refractivity contribution is 0.171. The number of carbonyl (C=O) groups is 1. The summed E-state index contributed by atoms with van der Waals surface area (Å²) in [4.78, 5) is 16.7. The number of hydrogen-bond acceptors (Lipinski definition) is 4. The molecule has 2 aliphatic rings. The Labute approximate surface area is 182 Å². The number of fused-ring (bicyclic) bond motifs is 1. The number of benzene rings is 2. The van der Waals surface area contributed by atoms with Crippen LogP contribution in [0.2, 0.25) is 5.02 Å². The molecule has 0 aromatic heterocycles. The average Bonchev–Trinajstić information content (AvgIpc) is 3.29. The van der Waals surface area contributed by atoms with Crippen molar-refractivity contribution in [2.45, 2.75) is 25.8 Å². The number of para-hydroxylation sites is 1. The Morgan fingerprint density at radius 2 is 1.93 bits per heavy atom. The third-order valence-electron chi connectivity index (χ3n) is 5.54. The van der Waals surface area contributed by atoms with E-state index in [2.05, 4.69) is 28.4 Å². The standard InChI is InChI=1S/C23H28ClN3O3/c1-26(16-18-6-2-3-7-20(18)27-10-4-5-11-27)23(28)25-9-8-17-14-19(24)22-21(15-17)29-12-13-30-22/h2-3,6-7,14-15H,4-5,8-13,16H2,1H3,(H,25,28). The quantitative estimate of drug-likeness (QED) is 0.751. The highest BCUT2D eigenvalue weighted by atomic mass is 35.5.